The molecule has 0 aliphatic carbocycles. The highest BCUT2D eigenvalue weighted by molar-refractivity contribution is 6.42. The Bertz CT molecular complexity index is 1150. The number of carbonyl (C=O) groups is 5. The zero-order chi connectivity index (χ0) is 23.0. The molecule has 32 heavy (non-hydrogen) atoms. The van der Waals surface area contributed by atoms with Crippen LogP contribution in [-0.4, -0.2) is 40.4 Å². The van der Waals surface area contributed by atoms with E-state index in [0.29, 0.717) is 22.3 Å². The number of ketones is 1. The lowest BCUT2D eigenvalue weighted by Crippen LogP contribution is -2.52. The highest BCUT2D eigenvalue weighted by atomic mass is 16.2. The summed E-state index contributed by atoms with van der Waals surface area (Å²) < 4.78 is 0. The van der Waals surface area contributed by atoms with Gasteiger partial charge in [0.1, 0.15) is 6.04 Å². The minimum Gasteiger partial charge on any atom is -0.345 e. The number of imide groups is 1. The number of nitrogens with zero attached hydrogens (tertiary/aromatic N) is 1. The number of carbonyl (C=O) groups excluding carboxylic acids is 5. The number of rotatable bonds is 5. The van der Waals surface area contributed by atoms with Gasteiger partial charge in [-0.15, -0.1) is 0 Å². The molecule has 164 valence electrons. The fourth-order valence-corrected chi connectivity index (χ4v) is 4.31. The van der Waals surface area contributed by atoms with Gasteiger partial charge in [-0.05, 0) is 49.6 Å². The average molecular weight is 433 g/mol. The Labute approximate surface area is 185 Å². The Balaban J connectivity index is 1.48. The largest absolute Gasteiger partial charge is 0.345 e. The first-order valence-corrected chi connectivity index (χ1v) is 10.4. The van der Waals surface area contributed by atoms with Crippen LogP contribution in [0.5, 0.6) is 0 Å². The minimum absolute atomic E-state index is 0.0784. The van der Waals surface area contributed by atoms with Crippen LogP contribution in [0.4, 0.5) is 0 Å². The molecule has 2 aromatic rings. The Hall–Kier alpha value is -3.81. The van der Waals surface area contributed by atoms with Crippen LogP contribution in [-0.2, 0) is 27.5 Å². The summed E-state index contributed by atoms with van der Waals surface area (Å²) in [5.41, 5.74) is 4.00. The molecule has 4 amide bonds. The summed E-state index contributed by atoms with van der Waals surface area (Å²) in [6, 6.07) is 9.72. The zero-order valence-electron chi connectivity index (χ0n) is 17.9. The number of Topliss-reactive ketones (excluding diaryl/α,β-unsaturated/α-hetero) is 1. The zero-order valence-corrected chi connectivity index (χ0v) is 17.9. The second kappa shape index (κ2) is 8.37. The fourth-order valence-electron chi connectivity index (χ4n) is 4.31. The predicted octanol–water partition coefficient (Wildman–Crippen LogP) is 1.56. The molecule has 0 spiro atoms. The normalized spacial score (nSPS) is 17.8. The van der Waals surface area contributed by atoms with Crippen LogP contribution in [0.1, 0.15) is 55.8 Å². The van der Waals surface area contributed by atoms with Gasteiger partial charge in [0.25, 0.3) is 11.8 Å². The molecule has 8 heteroatoms. The molecule has 4 rings (SSSR count). The van der Waals surface area contributed by atoms with Crippen LogP contribution in [0.25, 0.3) is 0 Å². The van der Waals surface area contributed by atoms with Crippen molar-refractivity contribution >= 4 is 29.4 Å². The molecule has 2 aliphatic rings. The van der Waals surface area contributed by atoms with E-state index in [-0.39, 0.29) is 37.7 Å². The van der Waals surface area contributed by atoms with Gasteiger partial charge < -0.3 is 10.2 Å². The highest BCUT2D eigenvalue weighted by Crippen LogP contribution is 2.29. The van der Waals surface area contributed by atoms with E-state index in [9.17, 15) is 24.0 Å². The molecule has 2 heterocycles. The van der Waals surface area contributed by atoms with Crippen molar-refractivity contribution in [2.45, 2.75) is 45.8 Å². The summed E-state index contributed by atoms with van der Waals surface area (Å²) in [7, 11) is 0. The fraction of sp³-hybridized carbons (Fsp3) is 0.292. The van der Waals surface area contributed by atoms with Crippen molar-refractivity contribution in [2.24, 2.45) is 0 Å². The number of hydrogen-bond acceptors (Lipinski definition) is 5. The molecule has 2 N–H and O–H groups in total. The Morgan fingerprint density at radius 2 is 1.81 bits per heavy atom. The molecule has 8 nitrogen and oxygen atoms in total. The molecular weight excluding hydrogens is 410 g/mol. The van der Waals surface area contributed by atoms with E-state index in [2.05, 4.69) is 10.6 Å². The van der Waals surface area contributed by atoms with Crippen LogP contribution >= 0.6 is 0 Å². The summed E-state index contributed by atoms with van der Waals surface area (Å²) in [5.74, 6) is -2.44. The smallest absolute Gasteiger partial charge is 0.292 e. The SMILES string of the molecule is Cc1cc(C)cc(C(=O)C(=O)NCc2cccc3c2CN(C2CCC(=O)NC2=O)C3=O)c1. The number of fused-ring (bicyclic) bond motifs is 1. The average Bonchev–Trinajstić information content (AvgIpc) is 3.07. The van der Waals surface area contributed by atoms with Crippen molar-refractivity contribution in [3.63, 3.8) is 0 Å². The molecule has 1 fully saturated rings. The molecule has 1 unspecified atom stereocenters. The van der Waals surface area contributed by atoms with Crippen molar-refractivity contribution in [1.29, 1.82) is 0 Å². The molecule has 1 saturated heterocycles. The van der Waals surface area contributed by atoms with Gasteiger partial charge in [-0.1, -0.05) is 29.3 Å². The molecule has 2 aromatic carbocycles. The summed E-state index contributed by atoms with van der Waals surface area (Å²) in [6.07, 6.45) is 0.459. The quantitative estimate of drug-likeness (QED) is 0.422. The van der Waals surface area contributed by atoms with E-state index in [1.807, 2.05) is 19.9 Å². The van der Waals surface area contributed by atoms with E-state index < -0.39 is 23.6 Å². The van der Waals surface area contributed by atoms with Crippen molar-refractivity contribution in [2.75, 3.05) is 0 Å². The van der Waals surface area contributed by atoms with Gasteiger partial charge in [0.2, 0.25) is 17.6 Å². The summed E-state index contributed by atoms with van der Waals surface area (Å²) in [5, 5.41) is 4.93. The van der Waals surface area contributed by atoms with Crippen LogP contribution < -0.4 is 10.6 Å². The number of hydrogen-bond donors (Lipinski definition) is 2. The first-order valence-electron chi connectivity index (χ1n) is 10.4. The van der Waals surface area contributed by atoms with E-state index in [1.54, 1.807) is 30.3 Å². The molecule has 1 atom stereocenters. The van der Waals surface area contributed by atoms with Gasteiger partial charge in [0.05, 0.1) is 0 Å². The topological polar surface area (TPSA) is 113 Å². The second-order valence-corrected chi connectivity index (χ2v) is 8.23. The van der Waals surface area contributed by atoms with Crippen LogP contribution in [0.15, 0.2) is 36.4 Å². The maximum atomic E-state index is 12.9. The standard InChI is InChI=1S/C24H23N3O5/c1-13-8-14(2)10-16(9-13)21(29)23(31)25-11-15-4-3-5-17-18(15)12-27(24(17)32)19-6-7-20(28)26-22(19)30/h3-5,8-10,19H,6-7,11-12H2,1-2H3,(H,25,31)(H,26,28,30). The van der Waals surface area contributed by atoms with Gasteiger partial charge in [-0.2, -0.15) is 0 Å². The lowest BCUT2D eigenvalue weighted by Gasteiger charge is -2.29. The Morgan fingerprint density at radius 3 is 2.50 bits per heavy atom. The van der Waals surface area contributed by atoms with Crippen LogP contribution in [0, 0.1) is 13.8 Å². The van der Waals surface area contributed by atoms with E-state index >= 15 is 0 Å². The van der Waals surface area contributed by atoms with Crippen molar-refractivity contribution in [3.8, 4) is 0 Å². The lowest BCUT2D eigenvalue weighted by atomic mass is 10.0. The first-order chi connectivity index (χ1) is 15.2. The number of benzene rings is 2. The molecule has 0 bridgehead atoms. The van der Waals surface area contributed by atoms with Gasteiger partial charge in [0.15, 0.2) is 0 Å². The van der Waals surface area contributed by atoms with Crippen molar-refractivity contribution in [3.05, 3.63) is 69.8 Å². The van der Waals surface area contributed by atoms with E-state index in [4.69, 9.17) is 0 Å². The van der Waals surface area contributed by atoms with Gasteiger partial charge >= 0.3 is 0 Å². The maximum absolute atomic E-state index is 12.9. The third-order valence-corrected chi connectivity index (χ3v) is 5.81. The van der Waals surface area contributed by atoms with E-state index in [0.717, 1.165) is 11.1 Å². The van der Waals surface area contributed by atoms with Crippen LogP contribution in [0.3, 0.4) is 0 Å². The molecule has 0 aromatic heterocycles. The van der Waals surface area contributed by atoms with Gasteiger partial charge in [-0.25, -0.2) is 0 Å². The number of aryl methyl sites for hydroxylation is 2. The molecule has 0 radical (unpaired) electrons. The van der Waals surface area contributed by atoms with Crippen molar-refractivity contribution < 1.29 is 24.0 Å². The van der Waals surface area contributed by atoms with Gasteiger partial charge in [-0.3, -0.25) is 29.3 Å². The Kier molecular flexibility index (Phi) is 5.61. The van der Waals surface area contributed by atoms with E-state index in [1.165, 1.54) is 4.90 Å². The summed E-state index contributed by atoms with van der Waals surface area (Å²) in [4.78, 5) is 63.0. The summed E-state index contributed by atoms with van der Waals surface area (Å²) >= 11 is 0. The van der Waals surface area contributed by atoms with Gasteiger partial charge in [0, 0.05) is 30.6 Å². The van der Waals surface area contributed by atoms with Crippen LogP contribution in [0.2, 0.25) is 0 Å². The first kappa shape index (κ1) is 21.4. The molecule has 0 saturated carbocycles. The number of amides is 4. The number of piperidine rings is 1. The monoisotopic (exact) mass is 433 g/mol. The second-order valence-electron chi connectivity index (χ2n) is 8.23. The Morgan fingerprint density at radius 1 is 1.09 bits per heavy atom. The lowest BCUT2D eigenvalue weighted by molar-refractivity contribution is -0.136. The summed E-state index contributed by atoms with van der Waals surface area (Å²) in [6.45, 7) is 4.01. The van der Waals surface area contributed by atoms with Crippen molar-refractivity contribution in [1.82, 2.24) is 15.5 Å². The third-order valence-electron chi connectivity index (χ3n) is 5.81. The predicted molar refractivity (Wildman–Crippen MR) is 115 cm³/mol. The number of nitrogens with one attached hydrogen (secondary N) is 2. The highest BCUT2D eigenvalue weighted by Gasteiger charge is 2.39. The minimum atomic E-state index is -0.723. The third kappa shape index (κ3) is 4.03. The molecule has 2 aliphatic heterocycles. The maximum Gasteiger partial charge on any atom is 0.292 e. The molecular formula is C24H23N3O5.